The standard InChI is InChI=1S/C25H30Cl2N2O/c26-23-7-4-8-24(27)22(23)18-28-13-11-21(12-14-28)25(30)29-15-9-20(10-16-29)17-19-5-2-1-3-6-19/h1-8,20-21H,9-18H2. The van der Waals surface area contributed by atoms with Gasteiger partial charge in [0.15, 0.2) is 0 Å². The normalized spacial score (nSPS) is 19.2. The van der Waals surface area contributed by atoms with E-state index in [2.05, 4.69) is 40.1 Å². The number of rotatable bonds is 5. The molecule has 2 aromatic carbocycles. The van der Waals surface area contributed by atoms with Crippen molar-refractivity contribution in [1.29, 1.82) is 0 Å². The highest BCUT2D eigenvalue weighted by molar-refractivity contribution is 6.35. The van der Waals surface area contributed by atoms with E-state index in [0.29, 0.717) is 11.8 Å². The number of carbonyl (C=O) groups is 1. The van der Waals surface area contributed by atoms with Crippen LogP contribution in [0, 0.1) is 11.8 Å². The Kier molecular flexibility index (Phi) is 7.35. The number of carbonyl (C=O) groups excluding carboxylic acids is 1. The van der Waals surface area contributed by atoms with Crippen molar-refractivity contribution < 1.29 is 4.79 Å². The van der Waals surface area contributed by atoms with Gasteiger partial charge in [0.25, 0.3) is 0 Å². The molecule has 0 atom stereocenters. The van der Waals surface area contributed by atoms with Gasteiger partial charge < -0.3 is 4.90 Å². The lowest BCUT2D eigenvalue weighted by molar-refractivity contribution is -0.138. The summed E-state index contributed by atoms with van der Waals surface area (Å²) in [5, 5.41) is 1.44. The number of benzene rings is 2. The quantitative estimate of drug-likeness (QED) is 0.591. The van der Waals surface area contributed by atoms with Crippen LogP contribution in [0.1, 0.15) is 36.8 Å². The first-order chi connectivity index (χ1) is 14.6. The van der Waals surface area contributed by atoms with Crippen molar-refractivity contribution in [3.8, 4) is 0 Å². The molecule has 2 aromatic rings. The number of hydrogen-bond donors (Lipinski definition) is 0. The number of nitrogens with zero attached hydrogens (tertiary/aromatic N) is 2. The van der Waals surface area contributed by atoms with Crippen LogP contribution in [0.25, 0.3) is 0 Å². The fraction of sp³-hybridized carbons (Fsp3) is 0.480. The number of piperidine rings is 2. The van der Waals surface area contributed by atoms with Gasteiger partial charge >= 0.3 is 0 Å². The monoisotopic (exact) mass is 444 g/mol. The van der Waals surface area contributed by atoms with Crippen molar-refractivity contribution in [3.63, 3.8) is 0 Å². The van der Waals surface area contributed by atoms with Gasteiger partial charge in [0.05, 0.1) is 0 Å². The van der Waals surface area contributed by atoms with Gasteiger partial charge in [-0.3, -0.25) is 9.69 Å². The molecule has 0 aliphatic carbocycles. The van der Waals surface area contributed by atoms with E-state index in [0.717, 1.165) is 80.4 Å². The van der Waals surface area contributed by atoms with E-state index in [-0.39, 0.29) is 5.92 Å². The predicted octanol–water partition coefficient (Wildman–Crippen LogP) is 5.69. The third-order valence-corrected chi connectivity index (χ3v) is 7.38. The maximum Gasteiger partial charge on any atom is 0.225 e. The zero-order valence-electron chi connectivity index (χ0n) is 17.4. The molecule has 2 saturated heterocycles. The van der Waals surface area contributed by atoms with E-state index in [4.69, 9.17) is 23.2 Å². The number of halogens is 2. The van der Waals surface area contributed by atoms with Gasteiger partial charge in [-0.1, -0.05) is 59.6 Å². The number of likely N-dealkylation sites (tertiary alicyclic amines) is 2. The molecule has 1 amide bonds. The highest BCUT2D eigenvalue weighted by Crippen LogP contribution is 2.29. The molecule has 4 rings (SSSR count). The minimum absolute atomic E-state index is 0.161. The van der Waals surface area contributed by atoms with Gasteiger partial charge in [0.2, 0.25) is 5.91 Å². The molecule has 2 aliphatic heterocycles. The van der Waals surface area contributed by atoms with E-state index in [1.54, 1.807) is 0 Å². The Balaban J connectivity index is 1.23. The fourth-order valence-electron chi connectivity index (χ4n) is 4.81. The Bertz CT molecular complexity index is 821. The molecular weight excluding hydrogens is 415 g/mol. The van der Waals surface area contributed by atoms with Crippen molar-refractivity contribution >= 4 is 29.1 Å². The molecular formula is C25H30Cl2N2O. The zero-order valence-corrected chi connectivity index (χ0v) is 18.9. The Hall–Kier alpha value is -1.55. The lowest BCUT2D eigenvalue weighted by atomic mass is 9.88. The first-order valence-corrected chi connectivity index (χ1v) is 11.8. The zero-order chi connectivity index (χ0) is 20.9. The SMILES string of the molecule is O=C(C1CCN(Cc2c(Cl)cccc2Cl)CC1)N1CCC(Cc2ccccc2)CC1. The van der Waals surface area contributed by atoms with E-state index < -0.39 is 0 Å². The van der Waals surface area contributed by atoms with Crippen LogP contribution in [0.5, 0.6) is 0 Å². The topological polar surface area (TPSA) is 23.6 Å². The van der Waals surface area contributed by atoms with Crippen molar-refractivity contribution in [2.75, 3.05) is 26.2 Å². The lowest BCUT2D eigenvalue weighted by Gasteiger charge is -2.37. The van der Waals surface area contributed by atoms with Crippen molar-refractivity contribution in [2.24, 2.45) is 11.8 Å². The van der Waals surface area contributed by atoms with E-state index in [1.165, 1.54) is 5.56 Å². The molecule has 0 spiro atoms. The van der Waals surface area contributed by atoms with Gasteiger partial charge in [-0.05, 0) is 68.8 Å². The highest BCUT2D eigenvalue weighted by atomic mass is 35.5. The van der Waals surface area contributed by atoms with Crippen molar-refractivity contribution in [2.45, 2.75) is 38.6 Å². The first kappa shape index (κ1) is 21.7. The Morgan fingerprint density at radius 3 is 2.10 bits per heavy atom. The van der Waals surface area contributed by atoms with Crippen LogP contribution in [-0.4, -0.2) is 41.9 Å². The van der Waals surface area contributed by atoms with Gasteiger partial charge in [0, 0.05) is 41.2 Å². The average molecular weight is 445 g/mol. The summed E-state index contributed by atoms with van der Waals surface area (Å²) in [6.45, 7) is 4.41. The van der Waals surface area contributed by atoms with E-state index in [1.807, 2.05) is 18.2 Å². The summed E-state index contributed by atoms with van der Waals surface area (Å²) in [7, 11) is 0. The number of hydrogen-bond acceptors (Lipinski definition) is 2. The van der Waals surface area contributed by atoms with Crippen LogP contribution < -0.4 is 0 Å². The molecule has 0 radical (unpaired) electrons. The highest BCUT2D eigenvalue weighted by Gasteiger charge is 2.31. The van der Waals surface area contributed by atoms with Gasteiger partial charge in [-0.2, -0.15) is 0 Å². The summed E-state index contributed by atoms with van der Waals surface area (Å²) in [6, 6.07) is 16.4. The molecule has 0 unspecified atom stereocenters. The molecule has 2 aliphatic rings. The molecule has 3 nitrogen and oxygen atoms in total. The average Bonchev–Trinajstić information content (AvgIpc) is 2.78. The second-order valence-electron chi connectivity index (χ2n) is 8.71. The Labute approximate surface area is 190 Å². The summed E-state index contributed by atoms with van der Waals surface area (Å²) in [5.74, 6) is 1.22. The van der Waals surface area contributed by atoms with Crippen LogP contribution in [0.2, 0.25) is 10.0 Å². The summed E-state index contributed by atoms with van der Waals surface area (Å²) in [4.78, 5) is 17.5. The molecule has 0 aromatic heterocycles. The maximum absolute atomic E-state index is 13.1. The second kappa shape index (κ2) is 10.2. The van der Waals surface area contributed by atoms with E-state index in [9.17, 15) is 4.79 Å². The second-order valence-corrected chi connectivity index (χ2v) is 9.52. The molecule has 5 heteroatoms. The third kappa shape index (κ3) is 5.38. The summed E-state index contributed by atoms with van der Waals surface area (Å²) in [6.07, 6.45) is 5.20. The summed E-state index contributed by atoms with van der Waals surface area (Å²) < 4.78 is 0. The maximum atomic E-state index is 13.1. The van der Waals surface area contributed by atoms with Crippen LogP contribution in [0.4, 0.5) is 0 Å². The molecule has 2 heterocycles. The molecule has 30 heavy (non-hydrogen) atoms. The molecule has 0 N–H and O–H groups in total. The fourth-order valence-corrected chi connectivity index (χ4v) is 5.33. The minimum atomic E-state index is 0.161. The molecule has 2 fully saturated rings. The minimum Gasteiger partial charge on any atom is -0.342 e. The largest absolute Gasteiger partial charge is 0.342 e. The summed E-state index contributed by atoms with van der Waals surface area (Å²) >= 11 is 12.6. The van der Waals surface area contributed by atoms with Crippen LogP contribution in [0.15, 0.2) is 48.5 Å². The van der Waals surface area contributed by atoms with Crippen LogP contribution >= 0.6 is 23.2 Å². The Morgan fingerprint density at radius 1 is 0.833 bits per heavy atom. The molecule has 0 bridgehead atoms. The van der Waals surface area contributed by atoms with E-state index >= 15 is 0 Å². The molecule has 160 valence electrons. The molecule has 0 saturated carbocycles. The van der Waals surface area contributed by atoms with Crippen LogP contribution in [-0.2, 0) is 17.8 Å². The first-order valence-electron chi connectivity index (χ1n) is 11.1. The van der Waals surface area contributed by atoms with Crippen LogP contribution in [0.3, 0.4) is 0 Å². The Morgan fingerprint density at radius 2 is 1.47 bits per heavy atom. The van der Waals surface area contributed by atoms with Gasteiger partial charge in [-0.15, -0.1) is 0 Å². The summed E-state index contributed by atoms with van der Waals surface area (Å²) in [5.41, 5.74) is 2.40. The number of amides is 1. The third-order valence-electron chi connectivity index (χ3n) is 6.67. The van der Waals surface area contributed by atoms with Gasteiger partial charge in [0.1, 0.15) is 0 Å². The predicted molar refractivity (Wildman–Crippen MR) is 124 cm³/mol. The smallest absolute Gasteiger partial charge is 0.225 e. The van der Waals surface area contributed by atoms with Crippen molar-refractivity contribution in [1.82, 2.24) is 9.80 Å². The lowest BCUT2D eigenvalue weighted by Crippen LogP contribution is -2.45. The van der Waals surface area contributed by atoms with Crippen molar-refractivity contribution in [3.05, 3.63) is 69.7 Å². The van der Waals surface area contributed by atoms with Gasteiger partial charge in [-0.25, -0.2) is 0 Å².